The highest BCUT2D eigenvalue weighted by molar-refractivity contribution is 7.89. The Labute approximate surface area is 189 Å². The van der Waals surface area contributed by atoms with Gasteiger partial charge in [-0.05, 0) is 55.8 Å². The number of methoxy groups -OCH3 is 1. The molecular formula is C23H30FN3O4S. The first-order valence-corrected chi connectivity index (χ1v) is 12.4. The average molecular weight is 464 g/mol. The van der Waals surface area contributed by atoms with Crippen LogP contribution >= 0.6 is 0 Å². The van der Waals surface area contributed by atoms with Gasteiger partial charge in [0.15, 0.2) is 0 Å². The van der Waals surface area contributed by atoms with Gasteiger partial charge >= 0.3 is 0 Å². The number of nitrogens with zero attached hydrogens (tertiary/aromatic N) is 3. The maximum atomic E-state index is 13.1. The number of unbranched alkanes of at least 4 members (excludes halogenated alkanes) is 1. The quantitative estimate of drug-likeness (QED) is 0.636. The second-order valence-corrected chi connectivity index (χ2v) is 10.2. The number of anilines is 1. The van der Waals surface area contributed by atoms with Gasteiger partial charge in [-0.15, -0.1) is 0 Å². The third kappa shape index (κ3) is 4.76. The van der Waals surface area contributed by atoms with E-state index in [2.05, 4.69) is 9.80 Å². The second kappa shape index (κ2) is 9.74. The molecular weight excluding hydrogens is 433 g/mol. The van der Waals surface area contributed by atoms with Crippen LogP contribution < -0.4 is 9.64 Å². The number of β-amino-alcohol motifs (C(OH)–C–C–N with tert-alkyl or cyclic N) is 1. The van der Waals surface area contributed by atoms with E-state index in [-0.39, 0.29) is 17.3 Å². The number of sulfonamides is 1. The molecule has 1 unspecified atom stereocenters. The van der Waals surface area contributed by atoms with E-state index in [1.807, 2.05) is 12.1 Å². The Hall–Kier alpha value is -2.20. The Morgan fingerprint density at radius 2 is 1.72 bits per heavy atom. The molecule has 0 radical (unpaired) electrons. The van der Waals surface area contributed by atoms with E-state index in [4.69, 9.17) is 4.74 Å². The van der Waals surface area contributed by atoms with Crippen LogP contribution in [0.2, 0.25) is 0 Å². The van der Waals surface area contributed by atoms with E-state index < -0.39 is 16.1 Å². The molecule has 1 N–H and O–H groups in total. The molecule has 0 aromatic heterocycles. The molecule has 0 spiro atoms. The van der Waals surface area contributed by atoms with Crippen molar-refractivity contribution in [1.82, 2.24) is 9.21 Å². The van der Waals surface area contributed by atoms with Gasteiger partial charge in [-0.1, -0.05) is 6.07 Å². The van der Waals surface area contributed by atoms with Gasteiger partial charge in [0.25, 0.3) is 0 Å². The fraction of sp³-hybridized carbons (Fsp3) is 0.478. The van der Waals surface area contributed by atoms with Crippen molar-refractivity contribution in [3.8, 4) is 5.75 Å². The van der Waals surface area contributed by atoms with Crippen LogP contribution in [0.25, 0.3) is 0 Å². The highest BCUT2D eigenvalue weighted by Gasteiger charge is 2.37. The van der Waals surface area contributed by atoms with Gasteiger partial charge in [0.05, 0.1) is 18.1 Å². The molecule has 174 valence electrons. The van der Waals surface area contributed by atoms with Crippen LogP contribution in [0.5, 0.6) is 5.75 Å². The molecule has 0 saturated carbocycles. The molecule has 4 rings (SSSR count). The number of aliphatic hydroxyl groups is 1. The normalized spacial score (nSPS) is 21.3. The molecule has 1 saturated heterocycles. The minimum Gasteiger partial charge on any atom is -0.496 e. The van der Waals surface area contributed by atoms with Crippen molar-refractivity contribution >= 4 is 15.7 Å². The Bertz CT molecular complexity index is 1020. The SMILES string of the molecule is COc1cccc2c1C(O)CN(CCCCN1CCN(c3ccc(F)cc3)CC1)S2(=O)=O. The number of piperazine rings is 1. The third-order valence-electron chi connectivity index (χ3n) is 6.27. The lowest BCUT2D eigenvalue weighted by Crippen LogP contribution is -2.46. The number of hydrogen-bond acceptors (Lipinski definition) is 6. The number of halogens is 1. The summed E-state index contributed by atoms with van der Waals surface area (Å²) in [6, 6.07) is 11.4. The number of hydrogen-bond donors (Lipinski definition) is 1. The summed E-state index contributed by atoms with van der Waals surface area (Å²) >= 11 is 0. The van der Waals surface area contributed by atoms with Gasteiger partial charge < -0.3 is 14.7 Å². The summed E-state index contributed by atoms with van der Waals surface area (Å²) in [7, 11) is -2.18. The predicted molar refractivity (Wildman–Crippen MR) is 121 cm³/mol. The summed E-state index contributed by atoms with van der Waals surface area (Å²) in [5.74, 6) is 0.177. The minimum absolute atomic E-state index is 0.0477. The van der Waals surface area contributed by atoms with Crippen LogP contribution in [0.4, 0.5) is 10.1 Å². The number of rotatable bonds is 7. The number of fused-ring (bicyclic) bond motifs is 1. The predicted octanol–water partition coefficient (Wildman–Crippen LogP) is 2.47. The Kier molecular flexibility index (Phi) is 6.99. The van der Waals surface area contributed by atoms with Crippen LogP contribution in [0.3, 0.4) is 0 Å². The molecule has 7 nitrogen and oxygen atoms in total. The van der Waals surface area contributed by atoms with Crippen molar-refractivity contribution in [1.29, 1.82) is 0 Å². The van der Waals surface area contributed by atoms with Crippen LogP contribution in [-0.4, -0.2) is 75.7 Å². The summed E-state index contributed by atoms with van der Waals surface area (Å²) < 4.78 is 45.8. The lowest BCUT2D eigenvalue weighted by atomic mass is 10.1. The monoisotopic (exact) mass is 463 g/mol. The number of aliphatic hydroxyl groups excluding tert-OH is 1. The van der Waals surface area contributed by atoms with Crippen molar-refractivity contribution in [3.05, 3.63) is 53.8 Å². The van der Waals surface area contributed by atoms with Crippen LogP contribution in [0.15, 0.2) is 47.4 Å². The molecule has 2 aliphatic heterocycles. The van der Waals surface area contributed by atoms with E-state index in [0.717, 1.165) is 51.3 Å². The van der Waals surface area contributed by atoms with Crippen LogP contribution in [-0.2, 0) is 10.0 Å². The largest absolute Gasteiger partial charge is 0.496 e. The van der Waals surface area contributed by atoms with Gasteiger partial charge in [0, 0.05) is 50.5 Å². The highest BCUT2D eigenvalue weighted by Crippen LogP contribution is 2.38. The summed E-state index contributed by atoms with van der Waals surface area (Å²) in [4.78, 5) is 4.76. The van der Waals surface area contributed by atoms with E-state index >= 15 is 0 Å². The molecule has 32 heavy (non-hydrogen) atoms. The summed E-state index contributed by atoms with van der Waals surface area (Å²) in [5, 5.41) is 10.6. The molecule has 1 atom stereocenters. The fourth-order valence-electron chi connectivity index (χ4n) is 4.49. The Morgan fingerprint density at radius 3 is 2.41 bits per heavy atom. The molecule has 0 aliphatic carbocycles. The zero-order valence-electron chi connectivity index (χ0n) is 18.3. The van der Waals surface area contributed by atoms with Crippen molar-refractivity contribution in [2.45, 2.75) is 23.8 Å². The fourth-order valence-corrected chi connectivity index (χ4v) is 6.24. The highest BCUT2D eigenvalue weighted by atomic mass is 32.2. The Morgan fingerprint density at radius 1 is 1.03 bits per heavy atom. The maximum Gasteiger partial charge on any atom is 0.243 e. The van der Waals surface area contributed by atoms with Gasteiger partial charge in [0.1, 0.15) is 11.6 Å². The second-order valence-electron chi connectivity index (χ2n) is 8.26. The molecule has 2 aromatic carbocycles. The first kappa shape index (κ1) is 23.0. The van der Waals surface area contributed by atoms with Gasteiger partial charge in [-0.25, -0.2) is 12.8 Å². The molecule has 2 heterocycles. The molecule has 9 heteroatoms. The van der Waals surface area contributed by atoms with E-state index in [0.29, 0.717) is 17.9 Å². The number of benzene rings is 2. The van der Waals surface area contributed by atoms with E-state index in [9.17, 15) is 17.9 Å². The average Bonchev–Trinajstić information content (AvgIpc) is 2.80. The first-order chi connectivity index (χ1) is 15.4. The number of ether oxygens (including phenoxy) is 1. The van der Waals surface area contributed by atoms with Gasteiger partial charge in [-0.2, -0.15) is 4.31 Å². The molecule has 2 aromatic rings. The zero-order valence-corrected chi connectivity index (χ0v) is 19.1. The molecule has 2 aliphatic rings. The minimum atomic E-state index is -3.65. The third-order valence-corrected chi connectivity index (χ3v) is 8.19. The standard InChI is InChI=1S/C23H30FN3O4S/c1-31-21-5-4-6-22-23(21)20(28)17-27(32(22,29)30)12-3-2-11-25-13-15-26(16-14-25)19-9-7-18(24)8-10-19/h4-10,20,28H,2-3,11-17H2,1H3. The first-order valence-electron chi connectivity index (χ1n) is 11.0. The smallest absolute Gasteiger partial charge is 0.243 e. The van der Waals surface area contributed by atoms with E-state index in [1.54, 1.807) is 12.1 Å². The lowest BCUT2D eigenvalue weighted by molar-refractivity contribution is 0.133. The lowest BCUT2D eigenvalue weighted by Gasteiger charge is -2.36. The van der Waals surface area contributed by atoms with Crippen molar-refractivity contribution < 1.29 is 22.7 Å². The summed E-state index contributed by atoms with van der Waals surface area (Å²) in [5.41, 5.74) is 1.39. The van der Waals surface area contributed by atoms with Crippen LogP contribution in [0.1, 0.15) is 24.5 Å². The van der Waals surface area contributed by atoms with Crippen molar-refractivity contribution in [3.63, 3.8) is 0 Å². The van der Waals surface area contributed by atoms with Crippen molar-refractivity contribution in [2.24, 2.45) is 0 Å². The maximum absolute atomic E-state index is 13.1. The Balaban J connectivity index is 1.26. The molecule has 0 bridgehead atoms. The van der Waals surface area contributed by atoms with Gasteiger partial charge in [0.2, 0.25) is 10.0 Å². The molecule has 0 amide bonds. The van der Waals surface area contributed by atoms with Gasteiger partial charge in [-0.3, -0.25) is 4.90 Å². The van der Waals surface area contributed by atoms with E-state index in [1.165, 1.54) is 29.6 Å². The van der Waals surface area contributed by atoms with Crippen LogP contribution in [0, 0.1) is 5.82 Å². The summed E-state index contributed by atoms with van der Waals surface area (Å²) in [6.07, 6.45) is 0.705. The van der Waals surface area contributed by atoms with Crippen molar-refractivity contribution in [2.75, 3.05) is 57.8 Å². The summed E-state index contributed by atoms with van der Waals surface area (Å²) in [6.45, 7) is 4.94. The molecule has 1 fully saturated rings. The zero-order chi connectivity index (χ0) is 22.7. The topological polar surface area (TPSA) is 73.3 Å².